The van der Waals surface area contributed by atoms with Crippen LogP contribution in [0.2, 0.25) is 0 Å². The molecule has 2 aromatic rings. The van der Waals surface area contributed by atoms with Gasteiger partial charge in [0.05, 0.1) is 13.7 Å². The number of hydrogen-bond acceptors (Lipinski definition) is 5. The molecule has 1 N–H and O–H groups in total. The van der Waals surface area contributed by atoms with Gasteiger partial charge in [0.2, 0.25) is 5.91 Å². The first-order chi connectivity index (χ1) is 16.8. The molecular formula is C27H35N3O4S. The van der Waals surface area contributed by atoms with Crippen LogP contribution >= 0.6 is 11.3 Å². The van der Waals surface area contributed by atoms with Gasteiger partial charge in [-0.15, -0.1) is 11.3 Å². The Balaban J connectivity index is 1.38. The van der Waals surface area contributed by atoms with Crippen LogP contribution in [0.4, 0.5) is 4.79 Å². The molecule has 1 aromatic heterocycles. The zero-order chi connectivity index (χ0) is 25.0. The van der Waals surface area contributed by atoms with E-state index < -0.39 is 5.54 Å². The summed E-state index contributed by atoms with van der Waals surface area (Å²) in [6.45, 7) is 5.70. The van der Waals surface area contributed by atoms with E-state index in [0.29, 0.717) is 51.7 Å². The first-order valence-electron chi connectivity index (χ1n) is 12.4. The lowest BCUT2D eigenvalue weighted by atomic mass is 9.73. The lowest BCUT2D eigenvalue weighted by Gasteiger charge is -2.41. The van der Waals surface area contributed by atoms with E-state index in [0.717, 1.165) is 16.2 Å². The molecule has 8 heteroatoms. The van der Waals surface area contributed by atoms with Crippen LogP contribution in [0.1, 0.15) is 50.0 Å². The number of rotatable bonds is 9. The molecule has 188 valence electrons. The predicted molar refractivity (Wildman–Crippen MR) is 136 cm³/mol. The molecule has 2 aliphatic rings. The van der Waals surface area contributed by atoms with E-state index >= 15 is 0 Å². The summed E-state index contributed by atoms with van der Waals surface area (Å²) in [5.74, 6) is 1.09. The largest absolute Gasteiger partial charge is 0.497 e. The maximum atomic E-state index is 13.7. The van der Waals surface area contributed by atoms with Crippen LogP contribution in [0.15, 0.2) is 41.8 Å². The number of methoxy groups -OCH3 is 1. The van der Waals surface area contributed by atoms with Gasteiger partial charge in [-0.25, -0.2) is 4.79 Å². The second-order valence-corrected chi connectivity index (χ2v) is 11.0. The van der Waals surface area contributed by atoms with Crippen molar-refractivity contribution in [2.75, 3.05) is 20.2 Å². The third-order valence-electron chi connectivity index (χ3n) is 7.16. The van der Waals surface area contributed by atoms with Gasteiger partial charge in [0, 0.05) is 24.4 Å². The van der Waals surface area contributed by atoms with Gasteiger partial charge in [-0.05, 0) is 66.7 Å². The summed E-state index contributed by atoms with van der Waals surface area (Å²) >= 11 is 1.55. The van der Waals surface area contributed by atoms with Gasteiger partial charge in [0.15, 0.2) is 0 Å². The average Bonchev–Trinajstić information content (AvgIpc) is 3.45. The zero-order valence-corrected chi connectivity index (χ0v) is 21.6. The monoisotopic (exact) mass is 497 g/mol. The quantitative estimate of drug-likeness (QED) is 0.519. The molecule has 1 atom stereocenters. The van der Waals surface area contributed by atoms with Crippen LogP contribution in [0.3, 0.4) is 0 Å². The second-order valence-electron chi connectivity index (χ2n) is 9.97. The third-order valence-corrected chi connectivity index (χ3v) is 8.02. The van der Waals surface area contributed by atoms with Crippen molar-refractivity contribution in [3.05, 3.63) is 52.2 Å². The molecular weight excluding hydrogens is 462 g/mol. The van der Waals surface area contributed by atoms with Crippen molar-refractivity contribution in [1.29, 1.82) is 0 Å². The molecule has 35 heavy (non-hydrogen) atoms. The molecule has 4 rings (SSSR count). The number of amides is 4. The Morgan fingerprint density at radius 2 is 1.89 bits per heavy atom. The molecule has 2 fully saturated rings. The van der Waals surface area contributed by atoms with Crippen molar-refractivity contribution in [2.45, 2.75) is 58.0 Å². The SMILES string of the molecule is COc1ccc(CCC(=O)N2CCC(C3(CC(C)C)NC(=O)N(Cc4cccs4)C3=O)CC2)cc1. The Labute approximate surface area is 211 Å². The Hall–Kier alpha value is -2.87. The smallest absolute Gasteiger partial charge is 0.325 e. The molecule has 2 saturated heterocycles. The Morgan fingerprint density at radius 1 is 1.17 bits per heavy atom. The van der Waals surface area contributed by atoms with Crippen molar-refractivity contribution < 1.29 is 19.1 Å². The zero-order valence-electron chi connectivity index (χ0n) is 20.8. The van der Waals surface area contributed by atoms with Crippen molar-refractivity contribution in [2.24, 2.45) is 11.8 Å². The summed E-state index contributed by atoms with van der Waals surface area (Å²) in [6, 6.07) is 11.4. The van der Waals surface area contributed by atoms with E-state index in [1.54, 1.807) is 18.4 Å². The molecule has 1 unspecified atom stereocenters. The van der Waals surface area contributed by atoms with E-state index in [1.807, 2.05) is 46.7 Å². The number of benzene rings is 1. The summed E-state index contributed by atoms with van der Waals surface area (Å²) in [4.78, 5) is 43.7. The van der Waals surface area contributed by atoms with Crippen LogP contribution < -0.4 is 10.1 Å². The van der Waals surface area contributed by atoms with Gasteiger partial charge in [0.25, 0.3) is 5.91 Å². The van der Waals surface area contributed by atoms with E-state index in [9.17, 15) is 14.4 Å². The van der Waals surface area contributed by atoms with Gasteiger partial charge in [-0.2, -0.15) is 0 Å². The van der Waals surface area contributed by atoms with E-state index in [-0.39, 0.29) is 29.7 Å². The maximum absolute atomic E-state index is 13.7. The number of nitrogens with zero attached hydrogens (tertiary/aromatic N) is 2. The molecule has 0 aliphatic carbocycles. The molecule has 4 amide bonds. The third kappa shape index (κ3) is 5.53. The molecule has 0 saturated carbocycles. The lowest BCUT2D eigenvalue weighted by Crippen LogP contribution is -2.57. The van der Waals surface area contributed by atoms with E-state index in [1.165, 1.54) is 4.90 Å². The summed E-state index contributed by atoms with van der Waals surface area (Å²) in [6.07, 6.45) is 3.17. The Morgan fingerprint density at radius 3 is 2.49 bits per heavy atom. The fourth-order valence-electron chi connectivity index (χ4n) is 5.40. The molecule has 3 heterocycles. The highest BCUT2D eigenvalue weighted by atomic mass is 32.1. The summed E-state index contributed by atoms with van der Waals surface area (Å²) in [7, 11) is 1.64. The van der Waals surface area contributed by atoms with Crippen molar-refractivity contribution in [3.63, 3.8) is 0 Å². The minimum absolute atomic E-state index is 0.0142. The molecule has 0 spiro atoms. The first kappa shape index (κ1) is 25.2. The molecule has 0 bridgehead atoms. The fourth-order valence-corrected chi connectivity index (χ4v) is 6.09. The van der Waals surface area contributed by atoms with Gasteiger partial charge < -0.3 is 15.0 Å². The number of aryl methyl sites for hydroxylation is 1. The highest BCUT2D eigenvalue weighted by molar-refractivity contribution is 7.09. The number of carbonyl (C=O) groups is 3. The van der Waals surface area contributed by atoms with Crippen molar-refractivity contribution >= 4 is 29.2 Å². The second kappa shape index (κ2) is 10.8. The average molecular weight is 498 g/mol. The van der Waals surface area contributed by atoms with Crippen molar-refractivity contribution in [3.8, 4) is 5.75 Å². The van der Waals surface area contributed by atoms with Crippen LogP contribution in [0.25, 0.3) is 0 Å². The van der Waals surface area contributed by atoms with Crippen LogP contribution in [-0.2, 0) is 22.6 Å². The van der Waals surface area contributed by atoms with Gasteiger partial charge in [0.1, 0.15) is 11.3 Å². The molecule has 2 aliphatic heterocycles. The first-order valence-corrected chi connectivity index (χ1v) is 13.3. The topological polar surface area (TPSA) is 79.0 Å². The number of carbonyl (C=O) groups excluding carboxylic acids is 3. The van der Waals surface area contributed by atoms with Crippen LogP contribution in [0, 0.1) is 11.8 Å². The maximum Gasteiger partial charge on any atom is 0.325 e. The predicted octanol–water partition coefficient (Wildman–Crippen LogP) is 4.46. The van der Waals surface area contributed by atoms with Gasteiger partial charge in [-0.1, -0.05) is 32.0 Å². The molecule has 0 radical (unpaired) electrons. The summed E-state index contributed by atoms with van der Waals surface area (Å²) in [5.41, 5.74) is 0.218. The molecule has 1 aromatic carbocycles. The number of imide groups is 1. The number of likely N-dealkylation sites (tertiary alicyclic amines) is 1. The van der Waals surface area contributed by atoms with Gasteiger partial charge in [-0.3, -0.25) is 14.5 Å². The van der Waals surface area contributed by atoms with E-state index in [2.05, 4.69) is 19.2 Å². The fraction of sp³-hybridized carbons (Fsp3) is 0.519. The standard InChI is InChI=1S/C27H35N3O4S/c1-19(2)17-27(25(32)30(26(33)28-27)18-23-5-4-16-35-23)21-12-14-29(15-13-21)24(31)11-8-20-6-9-22(34-3)10-7-20/h4-7,9-10,16,19,21H,8,11-15,17-18H2,1-3H3,(H,28,33). The Bertz CT molecular complexity index is 1030. The number of nitrogens with one attached hydrogen (secondary N) is 1. The number of urea groups is 1. The summed E-state index contributed by atoms with van der Waals surface area (Å²) in [5, 5.41) is 5.06. The van der Waals surface area contributed by atoms with Crippen LogP contribution in [0.5, 0.6) is 5.75 Å². The highest BCUT2D eigenvalue weighted by Crippen LogP contribution is 2.39. The van der Waals surface area contributed by atoms with Crippen molar-refractivity contribution in [1.82, 2.24) is 15.1 Å². The number of ether oxygens (including phenoxy) is 1. The van der Waals surface area contributed by atoms with Crippen LogP contribution in [-0.4, -0.2) is 53.4 Å². The Kier molecular flexibility index (Phi) is 7.79. The summed E-state index contributed by atoms with van der Waals surface area (Å²) < 4.78 is 5.19. The lowest BCUT2D eigenvalue weighted by molar-refractivity contribution is -0.137. The van der Waals surface area contributed by atoms with Gasteiger partial charge >= 0.3 is 6.03 Å². The molecule has 7 nitrogen and oxygen atoms in total. The normalized spacial score (nSPS) is 21.0. The minimum Gasteiger partial charge on any atom is -0.497 e. The number of thiophene rings is 1. The highest BCUT2D eigenvalue weighted by Gasteiger charge is 2.56. The van der Waals surface area contributed by atoms with E-state index in [4.69, 9.17) is 4.74 Å². The number of piperidine rings is 1. The number of hydrogen-bond donors (Lipinski definition) is 1. The minimum atomic E-state index is -0.888.